The Labute approximate surface area is 133 Å². The molecular formula is C16H26Cl2N2. The van der Waals surface area contributed by atoms with Gasteiger partial charge in [-0.1, -0.05) is 50.0 Å². The molecule has 0 bridgehead atoms. The van der Waals surface area contributed by atoms with Crippen molar-refractivity contribution >= 4 is 23.2 Å². The van der Waals surface area contributed by atoms with Crippen LogP contribution in [0.25, 0.3) is 0 Å². The van der Waals surface area contributed by atoms with Gasteiger partial charge in [0.25, 0.3) is 0 Å². The van der Waals surface area contributed by atoms with Gasteiger partial charge in [-0.15, -0.1) is 0 Å². The number of hydrogen-bond acceptors (Lipinski definition) is 2. The monoisotopic (exact) mass is 316 g/mol. The summed E-state index contributed by atoms with van der Waals surface area (Å²) < 4.78 is 0. The third-order valence-corrected chi connectivity index (χ3v) is 4.30. The van der Waals surface area contributed by atoms with E-state index in [9.17, 15) is 0 Å². The molecule has 1 rings (SSSR count). The fourth-order valence-corrected chi connectivity index (χ4v) is 2.67. The number of likely N-dealkylation sites (N-methyl/N-ethyl adjacent to an activating group) is 1. The minimum Gasteiger partial charge on any atom is -0.309 e. The minimum atomic E-state index is 0.338. The van der Waals surface area contributed by atoms with Crippen LogP contribution in [0.2, 0.25) is 10.0 Å². The average molecular weight is 317 g/mol. The van der Waals surface area contributed by atoms with Gasteiger partial charge in [-0.2, -0.15) is 0 Å². The summed E-state index contributed by atoms with van der Waals surface area (Å²) in [5.74, 6) is 0. The largest absolute Gasteiger partial charge is 0.309 e. The van der Waals surface area contributed by atoms with Crippen LogP contribution in [0.15, 0.2) is 18.2 Å². The van der Waals surface area contributed by atoms with Crippen LogP contribution in [0, 0.1) is 0 Å². The van der Waals surface area contributed by atoms with E-state index in [0.717, 1.165) is 26.1 Å². The van der Waals surface area contributed by atoms with Crippen LogP contribution in [0.4, 0.5) is 0 Å². The fourth-order valence-electron chi connectivity index (χ4n) is 2.37. The molecule has 114 valence electrons. The van der Waals surface area contributed by atoms with Crippen molar-refractivity contribution in [2.24, 2.45) is 0 Å². The quantitative estimate of drug-likeness (QED) is 0.706. The van der Waals surface area contributed by atoms with Gasteiger partial charge in [0.15, 0.2) is 0 Å². The van der Waals surface area contributed by atoms with Crippen molar-refractivity contribution in [3.05, 3.63) is 33.8 Å². The van der Waals surface area contributed by atoms with Crippen molar-refractivity contribution in [2.75, 3.05) is 26.2 Å². The Morgan fingerprint density at radius 2 is 1.85 bits per heavy atom. The highest BCUT2D eigenvalue weighted by Gasteiger charge is 2.11. The van der Waals surface area contributed by atoms with Crippen LogP contribution in [-0.4, -0.2) is 31.1 Å². The normalized spacial score (nSPS) is 12.9. The lowest BCUT2D eigenvalue weighted by atomic mass is 10.0. The number of nitrogens with zero attached hydrogens (tertiary/aromatic N) is 1. The molecule has 0 aromatic heterocycles. The lowest BCUT2D eigenvalue weighted by molar-refractivity contribution is 0.282. The van der Waals surface area contributed by atoms with Crippen molar-refractivity contribution < 1.29 is 0 Å². The number of halogens is 2. The SMILES string of the molecule is CCCN(CC)CCNC(CC)c1ccc(Cl)c(Cl)c1. The number of hydrogen-bond donors (Lipinski definition) is 1. The van der Waals surface area contributed by atoms with Gasteiger partial charge >= 0.3 is 0 Å². The molecule has 1 aromatic carbocycles. The molecule has 2 nitrogen and oxygen atoms in total. The Bertz CT molecular complexity index is 396. The van der Waals surface area contributed by atoms with Gasteiger partial charge in [-0.05, 0) is 43.6 Å². The predicted molar refractivity (Wildman–Crippen MR) is 89.9 cm³/mol. The van der Waals surface area contributed by atoms with Gasteiger partial charge in [0.05, 0.1) is 10.0 Å². The second-order valence-electron chi connectivity index (χ2n) is 5.02. The fraction of sp³-hybridized carbons (Fsp3) is 0.625. The average Bonchev–Trinajstić information content (AvgIpc) is 2.45. The number of rotatable bonds is 9. The molecule has 0 amide bonds. The Balaban J connectivity index is 2.52. The highest BCUT2D eigenvalue weighted by Crippen LogP contribution is 2.26. The summed E-state index contributed by atoms with van der Waals surface area (Å²) in [6.07, 6.45) is 2.25. The molecular weight excluding hydrogens is 291 g/mol. The second-order valence-corrected chi connectivity index (χ2v) is 5.84. The van der Waals surface area contributed by atoms with Crippen LogP contribution in [-0.2, 0) is 0 Å². The lowest BCUT2D eigenvalue weighted by Crippen LogP contribution is -2.34. The standard InChI is InChI=1S/C16H26Cl2N2/c1-4-10-20(6-3)11-9-19-16(5-2)13-7-8-14(17)15(18)12-13/h7-8,12,16,19H,4-6,9-11H2,1-3H3. The van der Waals surface area contributed by atoms with Gasteiger partial charge in [0, 0.05) is 19.1 Å². The number of nitrogens with one attached hydrogen (secondary N) is 1. The van der Waals surface area contributed by atoms with E-state index >= 15 is 0 Å². The van der Waals surface area contributed by atoms with Crippen LogP contribution in [0.3, 0.4) is 0 Å². The van der Waals surface area contributed by atoms with E-state index in [1.54, 1.807) is 0 Å². The van der Waals surface area contributed by atoms with Crippen LogP contribution in [0.1, 0.15) is 45.2 Å². The summed E-state index contributed by atoms with van der Waals surface area (Å²) >= 11 is 12.1. The van der Waals surface area contributed by atoms with Gasteiger partial charge in [-0.3, -0.25) is 0 Å². The molecule has 1 unspecified atom stereocenters. The van der Waals surface area contributed by atoms with Crippen LogP contribution >= 0.6 is 23.2 Å². The molecule has 4 heteroatoms. The molecule has 0 radical (unpaired) electrons. The molecule has 0 aliphatic rings. The maximum Gasteiger partial charge on any atom is 0.0595 e. The zero-order valence-electron chi connectivity index (χ0n) is 12.8. The smallest absolute Gasteiger partial charge is 0.0595 e. The minimum absolute atomic E-state index is 0.338. The lowest BCUT2D eigenvalue weighted by Gasteiger charge is -2.23. The molecule has 1 aromatic rings. The first-order chi connectivity index (χ1) is 9.62. The van der Waals surface area contributed by atoms with Crippen LogP contribution < -0.4 is 5.32 Å². The summed E-state index contributed by atoms with van der Waals surface area (Å²) in [4.78, 5) is 2.47. The van der Waals surface area contributed by atoms with Crippen molar-refractivity contribution in [2.45, 2.75) is 39.7 Å². The Morgan fingerprint density at radius 3 is 2.40 bits per heavy atom. The van der Waals surface area contributed by atoms with Crippen molar-refractivity contribution in [3.8, 4) is 0 Å². The molecule has 20 heavy (non-hydrogen) atoms. The Morgan fingerprint density at radius 1 is 1.10 bits per heavy atom. The van der Waals surface area contributed by atoms with Crippen LogP contribution in [0.5, 0.6) is 0 Å². The summed E-state index contributed by atoms with van der Waals surface area (Å²) in [6, 6.07) is 6.23. The molecule has 1 atom stereocenters. The van der Waals surface area contributed by atoms with Crippen molar-refractivity contribution in [1.29, 1.82) is 0 Å². The van der Waals surface area contributed by atoms with E-state index < -0.39 is 0 Å². The molecule has 0 saturated heterocycles. The molecule has 0 spiro atoms. The van der Waals surface area contributed by atoms with Gasteiger partial charge in [-0.25, -0.2) is 0 Å². The molecule has 0 fully saturated rings. The molecule has 0 aliphatic heterocycles. The molecule has 0 aliphatic carbocycles. The van der Waals surface area contributed by atoms with E-state index in [0.29, 0.717) is 16.1 Å². The molecule has 1 N–H and O–H groups in total. The third-order valence-electron chi connectivity index (χ3n) is 3.56. The van der Waals surface area contributed by atoms with E-state index in [4.69, 9.17) is 23.2 Å². The van der Waals surface area contributed by atoms with Crippen molar-refractivity contribution in [3.63, 3.8) is 0 Å². The van der Waals surface area contributed by atoms with Gasteiger partial charge in [0.2, 0.25) is 0 Å². The maximum atomic E-state index is 6.10. The second kappa shape index (κ2) is 9.62. The highest BCUT2D eigenvalue weighted by atomic mass is 35.5. The summed E-state index contributed by atoms with van der Waals surface area (Å²) in [7, 11) is 0. The highest BCUT2D eigenvalue weighted by molar-refractivity contribution is 6.42. The topological polar surface area (TPSA) is 15.3 Å². The number of benzene rings is 1. The zero-order chi connectivity index (χ0) is 15.0. The Hall–Kier alpha value is -0.280. The van der Waals surface area contributed by atoms with E-state index in [-0.39, 0.29) is 0 Å². The summed E-state index contributed by atoms with van der Waals surface area (Å²) in [5, 5.41) is 4.86. The first-order valence-corrected chi connectivity index (χ1v) is 8.28. The van der Waals surface area contributed by atoms with Gasteiger partial charge in [0.1, 0.15) is 0 Å². The van der Waals surface area contributed by atoms with E-state index in [2.05, 4.69) is 37.1 Å². The molecule has 0 saturated carbocycles. The molecule has 0 heterocycles. The predicted octanol–water partition coefficient (Wildman–Crippen LogP) is 4.77. The summed E-state index contributed by atoms with van der Waals surface area (Å²) in [5.41, 5.74) is 1.21. The zero-order valence-corrected chi connectivity index (χ0v) is 14.3. The third kappa shape index (κ3) is 5.61. The maximum absolute atomic E-state index is 6.10. The first kappa shape index (κ1) is 17.8. The first-order valence-electron chi connectivity index (χ1n) is 7.53. The van der Waals surface area contributed by atoms with Crippen molar-refractivity contribution in [1.82, 2.24) is 10.2 Å². The Kier molecular flexibility index (Phi) is 8.55. The van der Waals surface area contributed by atoms with E-state index in [1.165, 1.54) is 18.5 Å². The van der Waals surface area contributed by atoms with E-state index in [1.807, 2.05) is 12.1 Å². The summed E-state index contributed by atoms with van der Waals surface area (Å²) in [6.45, 7) is 11.0. The van der Waals surface area contributed by atoms with Gasteiger partial charge < -0.3 is 10.2 Å².